The number of alkyl halides is 1. The minimum atomic E-state index is -0.766. The fourth-order valence-corrected chi connectivity index (χ4v) is 4.25. The topological polar surface area (TPSA) is 53.0 Å². The summed E-state index contributed by atoms with van der Waals surface area (Å²) in [6, 6.07) is 7.28. The van der Waals surface area contributed by atoms with Crippen molar-refractivity contribution in [2.45, 2.75) is 38.3 Å². The first kappa shape index (κ1) is 17.9. The lowest BCUT2D eigenvalue weighted by molar-refractivity contribution is -0.135. The number of piperidine rings is 2. The first-order chi connectivity index (χ1) is 13.2. The Kier molecular flexibility index (Phi) is 5.05. The Bertz CT molecular complexity index is 779. The average molecular weight is 369 g/mol. The number of likely N-dealkylation sites (tertiary alicyclic amines) is 1. The molecule has 142 valence electrons. The van der Waals surface area contributed by atoms with Crippen LogP contribution in [0.3, 0.4) is 0 Å². The molecule has 3 aliphatic rings. The number of halogens is 1. The highest BCUT2D eigenvalue weighted by molar-refractivity contribution is 5.82. The number of hydrogen-bond acceptors (Lipinski definition) is 4. The van der Waals surface area contributed by atoms with Gasteiger partial charge in [-0.05, 0) is 67.1 Å². The third-order valence-electron chi connectivity index (χ3n) is 5.74. The van der Waals surface area contributed by atoms with Crippen molar-refractivity contribution in [3.63, 3.8) is 0 Å². The number of allylic oxidation sites excluding steroid dienone is 2. The molecule has 4 rings (SSSR count). The van der Waals surface area contributed by atoms with Crippen molar-refractivity contribution in [1.82, 2.24) is 4.90 Å². The molecule has 6 heteroatoms. The molecule has 2 saturated heterocycles. The molecular formula is C21H24FN3O2. The van der Waals surface area contributed by atoms with E-state index in [0.717, 1.165) is 25.1 Å². The second-order valence-electron chi connectivity index (χ2n) is 7.49. The normalized spacial score (nSPS) is 23.4. The van der Waals surface area contributed by atoms with Crippen LogP contribution < -0.4 is 4.90 Å². The summed E-state index contributed by atoms with van der Waals surface area (Å²) in [5.74, 6) is -0.00951. The number of nitrogens with zero attached hydrogens (tertiary/aromatic N) is 3. The Balaban J connectivity index is 1.49. The molecular weight excluding hydrogens is 345 g/mol. The van der Waals surface area contributed by atoms with Crippen LogP contribution in [0.1, 0.15) is 32.1 Å². The number of carbonyl (C=O) groups excluding carboxylic acids is 1. The molecule has 1 aromatic carbocycles. The van der Waals surface area contributed by atoms with E-state index in [4.69, 9.17) is 0 Å². The summed E-state index contributed by atoms with van der Waals surface area (Å²) < 4.78 is 13.3. The molecule has 0 aromatic heterocycles. The third kappa shape index (κ3) is 3.66. The summed E-state index contributed by atoms with van der Waals surface area (Å²) in [7, 11) is 0. The van der Waals surface area contributed by atoms with Crippen LogP contribution in [0.4, 0.5) is 15.8 Å². The van der Waals surface area contributed by atoms with Gasteiger partial charge in [0.05, 0.1) is 5.92 Å². The molecule has 1 aliphatic carbocycles. The van der Waals surface area contributed by atoms with E-state index in [9.17, 15) is 14.1 Å². The largest absolute Gasteiger partial charge is 0.342 e. The lowest BCUT2D eigenvalue weighted by atomic mass is 9.87. The lowest BCUT2D eigenvalue weighted by Crippen LogP contribution is -2.42. The van der Waals surface area contributed by atoms with Gasteiger partial charge in [0.15, 0.2) is 0 Å². The number of amides is 1. The highest BCUT2D eigenvalue weighted by atomic mass is 19.1. The molecule has 1 amide bonds. The quantitative estimate of drug-likeness (QED) is 0.739. The maximum Gasteiger partial charge on any atom is 0.229 e. The van der Waals surface area contributed by atoms with Crippen LogP contribution >= 0.6 is 0 Å². The van der Waals surface area contributed by atoms with Crippen LogP contribution in [0.15, 0.2) is 52.9 Å². The van der Waals surface area contributed by atoms with Gasteiger partial charge in [-0.25, -0.2) is 4.39 Å². The third-order valence-corrected chi connectivity index (χ3v) is 5.74. The van der Waals surface area contributed by atoms with Crippen LogP contribution in [0.5, 0.6) is 0 Å². The molecule has 5 nitrogen and oxygen atoms in total. The molecule has 2 fully saturated rings. The predicted molar refractivity (Wildman–Crippen MR) is 103 cm³/mol. The van der Waals surface area contributed by atoms with Gasteiger partial charge in [-0.3, -0.25) is 4.79 Å². The van der Waals surface area contributed by atoms with Crippen LogP contribution in [0.25, 0.3) is 0 Å². The van der Waals surface area contributed by atoms with E-state index in [0.29, 0.717) is 38.0 Å². The second-order valence-corrected chi connectivity index (χ2v) is 7.49. The van der Waals surface area contributed by atoms with Gasteiger partial charge in [-0.15, -0.1) is 4.91 Å². The van der Waals surface area contributed by atoms with E-state index in [-0.39, 0.29) is 11.8 Å². The van der Waals surface area contributed by atoms with E-state index in [2.05, 4.69) is 22.2 Å². The van der Waals surface area contributed by atoms with Gasteiger partial charge in [0, 0.05) is 31.0 Å². The summed E-state index contributed by atoms with van der Waals surface area (Å²) in [4.78, 5) is 27.5. The SMILES string of the molecule is O=Nc1ccc(N2CCCC3=CC(C(=O)N4CCC(F)CC4)CC=C32)cc1. The smallest absolute Gasteiger partial charge is 0.229 e. The number of nitroso groups, excluding NO2 is 1. The maximum atomic E-state index is 13.3. The Morgan fingerprint density at radius 3 is 2.56 bits per heavy atom. The van der Waals surface area contributed by atoms with Crippen LogP contribution in [0, 0.1) is 10.8 Å². The van der Waals surface area contributed by atoms with Crippen molar-refractivity contribution in [3.8, 4) is 0 Å². The van der Waals surface area contributed by atoms with Crippen molar-refractivity contribution in [3.05, 3.63) is 52.6 Å². The van der Waals surface area contributed by atoms with Crippen LogP contribution in [-0.2, 0) is 4.79 Å². The zero-order chi connectivity index (χ0) is 18.8. The lowest BCUT2D eigenvalue weighted by Gasteiger charge is -2.37. The number of hydrogen-bond donors (Lipinski definition) is 0. The Labute approximate surface area is 158 Å². The van der Waals surface area contributed by atoms with Gasteiger partial charge < -0.3 is 9.80 Å². The second kappa shape index (κ2) is 7.62. The zero-order valence-corrected chi connectivity index (χ0v) is 15.3. The van der Waals surface area contributed by atoms with Crippen molar-refractivity contribution >= 4 is 17.3 Å². The van der Waals surface area contributed by atoms with E-state index < -0.39 is 6.17 Å². The minimum Gasteiger partial charge on any atom is -0.342 e. The monoisotopic (exact) mass is 369 g/mol. The zero-order valence-electron chi connectivity index (χ0n) is 15.3. The van der Waals surface area contributed by atoms with Crippen LogP contribution in [-0.4, -0.2) is 36.6 Å². The van der Waals surface area contributed by atoms with Crippen molar-refractivity contribution in [2.75, 3.05) is 24.5 Å². The number of anilines is 1. The highest BCUT2D eigenvalue weighted by Gasteiger charge is 2.31. The summed E-state index contributed by atoms with van der Waals surface area (Å²) in [5, 5.41) is 2.96. The Morgan fingerprint density at radius 1 is 1.11 bits per heavy atom. The van der Waals surface area contributed by atoms with E-state index in [1.807, 2.05) is 17.0 Å². The van der Waals surface area contributed by atoms with E-state index in [1.165, 1.54) is 11.3 Å². The van der Waals surface area contributed by atoms with Gasteiger partial charge in [0.25, 0.3) is 0 Å². The van der Waals surface area contributed by atoms with Crippen LogP contribution in [0.2, 0.25) is 0 Å². The summed E-state index contributed by atoms with van der Waals surface area (Å²) in [5.41, 5.74) is 3.84. The predicted octanol–water partition coefficient (Wildman–Crippen LogP) is 4.48. The summed E-state index contributed by atoms with van der Waals surface area (Å²) in [6.45, 7) is 1.97. The first-order valence-electron chi connectivity index (χ1n) is 9.71. The molecule has 1 unspecified atom stereocenters. The summed E-state index contributed by atoms with van der Waals surface area (Å²) >= 11 is 0. The van der Waals surface area contributed by atoms with E-state index >= 15 is 0 Å². The van der Waals surface area contributed by atoms with Crippen molar-refractivity contribution in [1.29, 1.82) is 0 Å². The van der Waals surface area contributed by atoms with Crippen molar-refractivity contribution in [2.24, 2.45) is 11.1 Å². The fraction of sp³-hybridized carbons (Fsp3) is 0.476. The molecule has 27 heavy (non-hydrogen) atoms. The number of fused-ring (bicyclic) bond motifs is 1. The molecule has 0 spiro atoms. The Hall–Kier alpha value is -2.50. The van der Waals surface area contributed by atoms with Gasteiger partial charge in [-0.1, -0.05) is 12.2 Å². The van der Waals surface area contributed by atoms with Gasteiger partial charge in [0.1, 0.15) is 11.9 Å². The molecule has 0 saturated carbocycles. The Morgan fingerprint density at radius 2 is 1.85 bits per heavy atom. The van der Waals surface area contributed by atoms with Gasteiger partial charge in [-0.2, -0.15) is 0 Å². The molecule has 0 bridgehead atoms. The number of benzene rings is 1. The first-order valence-corrected chi connectivity index (χ1v) is 9.71. The molecule has 0 N–H and O–H groups in total. The summed E-state index contributed by atoms with van der Waals surface area (Å²) in [6.07, 6.45) is 7.08. The van der Waals surface area contributed by atoms with E-state index in [1.54, 1.807) is 12.1 Å². The number of rotatable bonds is 3. The number of carbonyl (C=O) groups is 1. The molecule has 0 radical (unpaired) electrons. The van der Waals surface area contributed by atoms with Gasteiger partial charge >= 0.3 is 0 Å². The fourth-order valence-electron chi connectivity index (χ4n) is 4.25. The molecule has 2 aliphatic heterocycles. The molecule has 2 heterocycles. The molecule has 1 aromatic rings. The molecule has 1 atom stereocenters. The van der Waals surface area contributed by atoms with Crippen molar-refractivity contribution < 1.29 is 9.18 Å². The highest BCUT2D eigenvalue weighted by Crippen LogP contribution is 2.37. The standard InChI is InChI=1S/C21H24FN3O2/c22-17-9-12-24(13-10-17)21(26)16-3-8-20-15(14-16)2-1-11-25(20)19-6-4-18(23-27)5-7-19/h4-8,14,16-17H,1-3,9-13H2. The maximum absolute atomic E-state index is 13.3. The minimum absolute atomic E-state index is 0.128. The average Bonchev–Trinajstić information content (AvgIpc) is 2.73. The van der Waals surface area contributed by atoms with Gasteiger partial charge in [0.2, 0.25) is 5.91 Å².